The first-order valence-electron chi connectivity index (χ1n) is 8.26. The lowest BCUT2D eigenvalue weighted by molar-refractivity contribution is -0.110. The first-order valence-corrected chi connectivity index (χ1v) is 9.05. The van der Waals surface area contributed by atoms with Gasteiger partial charge < -0.3 is 31.9 Å². The van der Waals surface area contributed by atoms with E-state index in [0.29, 0.717) is 39.7 Å². The number of anilines is 2. The van der Waals surface area contributed by atoms with Gasteiger partial charge >= 0.3 is 0 Å². The summed E-state index contributed by atoms with van der Waals surface area (Å²) in [5.74, 6) is 0.197. The molecule has 6 N–H and O–H groups in total. The number of nitrogens with one attached hydrogen (secondary N) is 4. The molecule has 2 aromatic carbocycles. The molecule has 7 nitrogen and oxygen atoms in total. The minimum absolute atomic E-state index is 0.273. The molecule has 0 atom stereocenters. The van der Waals surface area contributed by atoms with E-state index in [1.165, 1.54) is 13.2 Å². The van der Waals surface area contributed by atoms with Crippen molar-refractivity contribution >= 4 is 56.9 Å². The van der Waals surface area contributed by atoms with E-state index in [1.54, 1.807) is 18.2 Å². The van der Waals surface area contributed by atoms with Gasteiger partial charge in [0.15, 0.2) is 0 Å². The average Bonchev–Trinajstić information content (AvgIpc) is 3.00. The Bertz CT molecular complexity index is 1040. The number of allylic oxidation sites excluding steroid dienone is 2. The highest BCUT2D eigenvalue weighted by Gasteiger charge is 2.29. The van der Waals surface area contributed by atoms with Crippen LogP contribution in [-0.2, 0) is 4.79 Å². The second-order valence-corrected chi connectivity index (χ2v) is 6.82. The number of rotatable bonds is 6. The Balaban J connectivity index is 2.28. The van der Waals surface area contributed by atoms with E-state index in [0.717, 1.165) is 22.5 Å². The molecule has 142 valence electrons. The second kappa shape index (κ2) is 8.10. The number of nitrogen functional groups attached to an aromatic ring is 1. The molecule has 1 amide bonds. The Morgan fingerprint density at radius 2 is 2.04 bits per heavy atom. The summed E-state index contributed by atoms with van der Waals surface area (Å²) in [5.41, 5.74) is 9.71. The number of amides is 1. The Labute approximate surface area is 170 Å². The summed E-state index contributed by atoms with van der Waals surface area (Å²) in [6.45, 7) is 0. The van der Waals surface area contributed by atoms with Crippen molar-refractivity contribution in [2.45, 2.75) is 0 Å². The second-order valence-electron chi connectivity index (χ2n) is 5.91. The summed E-state index contributed by atoms with van der Waals surface area (Å²) < 4.78 is 6.14. The van der Waals surface area contributed by atoms with Gasteiger partial charge in [-0.05, 0) is 36.4 Å². The van der Waals surface area contributed by atoms with Gasteiger partial charge in [0.2, 0.25) is 0 Å². The first-order chi connectivity index (χ1) is 13.5. The van der Waals surface area contributed by atoms with Gasteiger partial charge in [-0.15, -0.1) is 0 Å². The fraction of sp³-hybridized carbons (Fsp3) is 0.0500. The number of benzene rings is 2. The molecule has 0 spiro atoms. The number of halogens is 1. The smallest absolute Gasteiger partial charge is 0.258 e. The van der Waals surface area contributed by atoms with Crippen LogP contribution >= 0.6 is 15.9 Å². The molecule has 3 rings (SSSR count). The highest BCUT2D eigenvalue weighted by atomic mass is 79.9. The lowest BCUT2D eigenvalue weighted by Gasteiger charge is -2.16. The summed E-state index contributed by atoms with van der Waals surface area (Å²) in [4.78, 5) is 12.8. The topological polar surface area (TPSA) is 124 Å². The fourth-order valence-corrected chi connectivity index (χ4v) is 3.25. The van der Waals surface area contributed by atoms with Gasteiger partial charge in [0.1, 0.15) is 5.75 Å². The number of carbonyl (C=O) groups is 1. The monoisotopic (exact) mass is 439 g/mol. The van der Waals surface area contributed by atoms with Crippen LogP contribution in [0.3, 0.4) is 0 Å². The van der Waals surface area contributed by atoms with Crippen molar-refractivity contribution in [1.82, 2.24) is 5.32 Å². The van der Waals surface area contributed by atoms with E-state index in [1.807, 2.05) is 18.2 Å². The number of hydrogen-bond acceptors (Lipinski definition) is 6. The summed E-state index contributed by atoms with van der Waals surface area (Å²) in [7, 11) is 1.52. The third-order valence-electron chi connectivity index (χ3n) is 4.19. The third kappa shape index (κ3) is 3.67. The molecule has 8 heteroatoms. The number of fused-ring (bicyclic) bond motifs is 1. The van der Waals surface area contributed by atoms with Crippen molar-refractivity contribution in [3.8, 4) is 5.75 Å². The van der Waals surface area contributed by atoms with Gasteiger partial charge in [0, 0.05) is 33.7 Å². The van der Waals surface area contributed by atoms with E-state index in [-0.39, 0.29) is 5.91 Å². The summed E-state index contributed by atoms with van der Waals surface area (Å²) in [6.07, 6.45) is 3.57. The Kier molecular flexibility index (Phi) is 5.60. The van der Waals surface area contributed by atoms with Crippen LogP contribution in [0, 0.1) is 10.8 Å². The van der Waals surface area contributed by atoms with E-state index < -0.39 is 0 Å². The van der Waals surface area contributed by atoms with Crippen molar-refractivity contribution < 1.29 is 9.53 Å². The molecule has 1 heterocycles. The highest BCUT2D eigenvalue weighted by Crippen LogP contribution is 2.39. The van der Waals surface area contributed by atoms with Crippen molar-refractivity contribution in [2.24, 2.45) is 0 Å². The van der Waals surface area contributed by atoms with Crippen LogP contribution in [0.5, 0.6) is 5.75 Å². The molecular formula is C20H18BrN5O2. The molecule has 1 aliphatic heterocycles. The van der Waals surface area contributed by atoms with E-state index >= 15 is 0 Å². The van der Waals surface area contributed by atoms with Gasteiger partial charge in [-0.1, -0.05) is 22.0 Å². The number of nitrogens with two attached hydrogens (primary N) is 1. The van der Waals surface area contributed by atoms with Gasteiger partial charge in [0.25, 0.3) is 5.91 Å². The number of ether oxygens (including phenoxy) is 1. The number of methoxy groups -OCH3 is 1. The summed E-state index contributed by atoms with van der Waals surface area (Å²) >= 11 is 3.44. The summed E-state index contributed by atoms with van der Waals surface area (Å²) in [5, 5.41) is 20.8. The minimum atomic E-state index is -0.273. The van der Waals surface area contributed by atoms with Crippen LogP contribution in [0.15, 0.2) is 52.6 Å². The minimum Gasteiger partial charge on any atom is -0.495 e. The molecule has 0 aliphatic carbocycles. The number of carbonyl (C=O) groups excluding carboxylic acids is 1. The maximum Gasteiger partial charge on any atom is 0.258 e. The van der Waals surface area contributed by atoms with Crippen LogP contribution in [-0.4, -0.2) is 25.4 Å². The Morgan fingerprint density at radius 3 is 2.71 bits per heavy atom. The molecule has 1 aliphatic rings. The van der Waals surface area contributed by atoms with Crippen molar-refractivity contribution in [1.29, 1.82) is 10.8 Å². The maximum absolute atomic E-state index is 12.8. The quantitative estimate of drug-likeness (QED) is 0.267. The highest BCUT2D eigenvalue weighted by molar-refractivity contribution is 9.10. The molecule has 0 unspecified atom stereocenters. The standard InChI is InChI=1S/C20H18BrN5O2/c1-28-17-8-11(2-4-15(17)24)19(25-13(10-23)6-7-22)18-14-9-12(21)3-5-16(14)26-20(18)27/h2-10,22-23,25H,24H2,1H3,(H,26,27)/b13-6+,19-18-,22-7?,23-10?. The van der Waals surface area contributed by atoms with Gasteiger partial charge in [-0.25, -0.2) is 0 Å². The predicted octanol–water partition coefficient (Wildman–Crippen LogP) is 3.63. The summed E-state index contributed by atoms with van der Waals surface area (Å²) in [6, 6.07) is 10.7. The number of hydrogen-bond donors (Lipinski definition) is 5. The average molecular weight is 440 g/mol. The van der Waals surface area contributed by atoms with Crippen LogP contribution in [0.4, 0.5) is 11.4 Å². The fourth-order valence-electron chi connectivity index (χ4n) is 2.89. The first kappa shape index (κ1) is 19.4. The van der Waals surface area contributed by atoms with Crippen LogP contribution < -0.4 is 21.1 Å². The van der Waals surface area contributed by atoms with Crippen LogP contribution in [0.25, 0.3) is 11.3 Å². The zero-order chi connectivity index (χ0) is 20.3. The van der Waals surface area contributed by atoms with E-state index in [2.05, 4.69) is 26.6 Å². The van der Waals surface area contributed by atoms with Gasteiger partial charge in [-0.2, -0.15) is 0 Å². The SMILES string of the molecule is COc1cc(/C(N/C(C=N)=C/C=N)=C2/C(=O)Nc3ccc(Br)cc32)ccc1N. The molecule has 28 heavy (non-hydrogen) atoms. The largest absolute Gasteiger partial charge is 0.495 e. The molecule has 0 saturated heterocycles. The lowest BCUT2D eigenvalue weighted by atomic mass is 9.99. The van der Waals surface area contributed by atoms with Crippen LogP contribution in [0.2, 0.25) is 0 Å². The zero-order valence-electron chi connectivity index (χ0n) is 15.0. The molecule has 2 aromatic rings. The molecule has 0 radical (unpaired) electrons. The molecule has 0 aromatic heterocycles. The maximum atomic E-state index is 12.8. The Hall–Kier alpha value is -3.39. The van der Waals surface area contributed by atoms with Gasteiger partial charge in [0.05, 0.1) is 29.8 Å². The zero-order valence-corrected chi connectivity index (χ0v) is 16.6. The molecule has 0 saturated carbocycles. The van der Waals surface area contributed by atoms with Crippen molar-refractivity contribution in [3.63, 3.8) is 0 Å². The molecule has 0 bridgehead atoms. The van der Waals surface area contributed by atoms with Crippen molar-refractivity contribution in [3.05, 3.63) is 63.8 Å². The van der Waals surface area contributed by atoms with Crippen molar-refractivity contribution in [2.75, 3.05) is 18.2 Å². The Morgan fingerprint density at radius 1 is 1.25 bits per heavy atom. The van der Waals surface area contributed by atoms with Crippen LogP contribution in [0.1, 0.15) is 11.1 Å². The third-order valence-corrected chi connectivity index (χ3v) is 4.68. The van der Waals surface area contributed by atoms with E-state index in [4.69, 9.17) is 21.3 Å². The van der Waals surface area contributed by atoms with E-state index in [9.17, 15) is 4.79 Å². The molecular weight excluding hydrogens is 422 g/mol. The van der Waals surface area contributed by atoms with Gasteiger partial charge in [-0.3, -0.25) is 4.79 Å². The lowest BCUT2D eigenvalue weighted by Crippen LogP contribution is -2.18. The predicted molar refractivity (Wildman–Crippen MR) is 116 cm³/mol. The normalized spacial score (nSPS) is 14.8. The molecule has 0 fully saturated rings.